The molecule has 6 aromatic carbocycles. The fourth-order valence-corrected chi connectivity index (χ4v) is 5.53. The SMILES string of the molecule is FC(F)(F)c1ccc(-c2ccc3c(c2)Oc2cc(-c4ccc(C(F)(F)F)cc4)ccc2N3c2cccc3ccccc23)cc1. The average molecular weight is 598 g/mol. The Kier molecular flexibility index (Phi) is 6.39. The Hall–Kier alpha value is -5.24. The van der Waals surface area contributed by atoms with Crippen molar-refractivity contribution in [1.29, 1.82) is 0 Å². The molecule has 0 radical (unpaired) electrons. The van der Waals surface area contributed by atoms with Gasteiger partial charge in [-0.3, -0.25) is 0 Å². The number of anilines is 3. The van der Waals surface area contributed by atoms with E-state index in [9.17, 15) is 26.3 Å². The van der Waals surface area contributed by atoms with Gasteiger partial charge in [0, 0.05) is 5.39 Å². The highest BCUT2D eigenvalue weighted by atomic mass is 19.4. The van der Waals surface area contributed by atoms with Gasteiger partial charge in [-0.15, -0.1) is 0 Å². The Morgan fingerprint density at radius 1 is 0.432 bits per heavy atom. The van der Waals surface area contributed by atoms with E-state index in [2.05, 4.69) is 4.90 Å². The molecule has 0 N–H and O–H groups in total. The van der Waals surface area contributed by atoms with Crippen LogP contribution >= 0.6 is 0 Å². The second-order valence-electron chi connectivity index (χ2n) is 10.5. The van der Waals surface area contributed by atoms with Crippen molar-refractivity contribution in [3.05, 3.63) is 139 Å². The summed E-state index contributed by atoms with van der Waals surface area (Å²) in [5.41, 5.74) is 3.38. The predicted octanol–water partition coefficient (Wildman–Crippen LogP) is 11.8. The van der Waals surface area contributed by atoms with Crippen LogP contribution in [-0.4, -0.2) is 0 Å². The van der Waals surface area contributed by atoms with Gasteiger partial charge in [-0.25, -0.2) is 0 Å². The van der Waals surface area contributed by atoms with Crippen molar-refractivity contribution < 1.29 is 31.1 Å². The number of ether oxygens (including phenoxy) is 1. The fraction of sp³-hybridized carbons (Fsp3) is 0.0556. The molecule has 218 valence electrons. The third-order valence-electron chi connectivity index (χ3n) is 7.72. The van der Waals surface area contributed by atoms with Gasteiger partial charge in [0.05, 0.1) is 28.2 Å². The summed E-state index contributed by atoms with van der Waals surface area (Å²) in [4.78, 5) is 2.06. The van der Waals surface area contributed by atoms with Crippen molar-refractivity contribution >= 4 is 27.8 Å². The van der Waals surface area contributed by atoms with E-state index in [1.54, 1.807) is 12.1 Å². The number of fused-ring (bicyclic) bond motifs is 3. The molecule has 1 aliphatic rings. The summed E-state index contributed by atoms with van der Waals surface area (Å²) in [5.74, 6) is 0.958. The summed E-state index contributed by atoms with van der Waals surface area (Å²) in [6.07, 6.45) is -8.88. The number of rotatable bonds is 3. The fourth-order valence-electron chi connectivity index (χ4n) is 5.53. The van der Waals surface area contributed by atoms with Gasteiger partial charge in [-0.2, -0.15) is 26.3 Å². The zero-order valence-corrected chi connectivity index (χ0v) is 22.7. The van der Waals surface area contributed by atoms with E-state index in [1.165, 1.54) is 24.3 Å². The van der Waals surface area contributed by atoms with Crippen LogP contribution < -0.4 is 9.64 Å². The lowest BCUT2D eigenvalue weighted by Gasteiger charge is -2.34. The smallest absolute Gasteiger partial charge is 0.416 e. The first kappa shape index (κ1) is 27.6. The first-order valence-electron chi connectivity index (χ1n) is 13.7. The highest BCUT2D eigenvalue weighted by Crippen LogP contribution is 2.53. The van der Waals surface area contributed by atoms with Gasteiger partial charge in [0.2, 0.25) is 0 Å². The lowest BCUT2D eigenvalue weighted by molar-refractivity contribution is -0.138. The Morgan fingerprint density at radius 3 is 1.39 bits per heavy atom. The van der Waals surface area contributed by atoms with Crippen LogP contribution in [0, 0.1) is 0 Å². The monoisotopic (exact) mass is 597 g/mol. The van der Waals surface area contributed by atoms with Gasteiger partial charge in [0.25, 0.3) is 0 Å². The maximum Gasteiger partial charge on any atom is 0.416 e. The van der Waals surface area contributed by atoms with Crippen LogP contribution in [0.5, 0.6) is 11.5 Å². The molecule has 0 aliphatic carbocycles. The summed E-state index contributed by atoms with van der Waals surface area (Å²) in [6.45, 7) is 0. The number of hydrogen-bond donors (Lipinski definition) is 0. The standard InChI is InChI=1S/C36H21F6NO/c37-35(38,39)27-14-8-22(9-15-27)25-12-18-31-33(20-25)44-34-21-26(23-10-16-28(17-11-23)36(40,41)42)13-19-32(34)43(31)30-7-3-5-24-4-1-2-6-29(24)30/h1-21H. The van der Waals surface area contributed by atoms with Gasteiger partial charge in [-0.05, 0) is 82.2 Å². The molecule has 0 unspecified atom stereocenters. The molecular formula is C36H21F6NO. The van der Waals surface area contributed by atoms with Crippen LogP contribution in [0.4, 0.5) is 43.4 Å². The molecule has 0 fully saturated rings. The minimum atomic E-state index is -4.44. The van der Waals surface area contributed by atoms with Crippen LogP contribution in [0.3, 0.4) is 0 Å². The van der Waals surface area contributed by atoms with E-state index in [0.717, 1.165) is 52.1 Å². The molecule has 0 amide bonds. The van der Waals surface area contributed by atoms with Crippen molar-refractivity contribution in [1.82, 2.24) is 0 Å². The average Bonchev–Trinajstić information content (AvgIpc) is 3.02. The first-order chi connectivity index (χ1) is 21.1. The maximum absolute atomic E-state index is 13.2. The molecule has 1 heterocycles. The third kappa shape index (κ3) is 4.92. The van der Waals surface area contributed by atoms with Crippen LogP contribution in [0.25, 0.3) is 33.0 Å². The summed E-state index contributed by atoms with van der Waals surface area (Å²) < 4.78 is 85.3. The molecule has 1 aliphatic heterocycles. The molecule has 8 heteroatoms. The van der Waals surface area contributed by atoms with Gasteiger partial charge in [-0.1, -0.05) is 72.8 Å². The van der Waals surface area contributed by atoms with E-state index in [1.807, 2.05) is 66.7 Å². The summed E-state index contributed by atoms with van der Waals surface area (Å²) in [7, 11) is 0. The molecule has 0 saturated heterocycles. The molecule has 0 spiro atoms. The van der Waals surface area contributed by atoms with Gasteiger partial charge in [0.15, 0.2) is 11.5 Å². The lowest BCUT2D eigenvalue weighted by Crippen LogP contribution is -2.16. The second kappa shape index (κ2) is 10.2. The second-order valence-corrected chi connectivity index (χ2v) is 10.5. The molecule has 2 nitrogen and oxygen atoms in total. The minimum absolute atomic E-state index is 0.479. The van der Waals surface area contributed by atoms with Crippen molar-refractivity contribution in [2.45, 2.75) is 12.4 Å². The quantitative estimate of drug-likeness (QED) is 0.188. The van der Waals surface area contributed by atoms with Crippen molar-refractivity contribution in [3.8, 4) is 33.8 Å². The minimum Gasteiger partial charge on any atom is -0.453 e. The van der Waals surface area contributed by atoms with E-state index in [4.69, 9.17) is 4.74 Å². The Balaban J connectivity index is 1.36. The summed E-state index contributed by atoms with van der Waals surface area (Å²) >= 11 is 0. The molecular weight excluding hydrogens is 576 g/mol. The molecule has 6 aromatic rings. The first-order valence-corrected chi connectivity index (χ1v) is 13.7. The largest absolute Gasteiger partial charge is 0.453 e. The van der Waals surface area contributed by atoms with Crippen LogP contribution in [0.1, 0.15) is 11.1 Å². The summed E-state index contributed by atoms with van der Waals surface area (Å²) in [6, 6.07) is 34.8. The van der Waals surface area contributed by atoms with E-state index >= 15 is 0 Å². The Morgan fingerprint density at radius 2 is 0.886 bits per heavy atom. The Bertz CT molecular complexity index is 1900. The number of benzene rings is 6. The normalized spacial score (nSPS) is 12.9. The zero-order valence-electron chi connectivity index (χ0n) is 22.7. The van der Waals surface area contributed by atoms with Crippen molar-refractivity contribution in [2.75, 3.05) is 4.90 Å². The predicted molar refractivity (Wildman–Crippen MR) is 160 cm³/mol. The van der Waals surface area contributed by atoms with Crippen molar-refractivity contribution in [2.24, 2.45) is 0 Å². The van der Waals surface area contributed by atoms with Gasteiger partial charge >= 0.3 is 12.4 Å². The molecule has 0 atom stereocenters. The maximum atomic E-state index is 13.2. The Labute approximate surface area is 248 Å². The van der Waals surface area contributed by atoms with Gasteiger partial charge in [0.1, 0.15) is 0 Å². The molecule has 0 bridgehead atoms. The molecule has 0 aromatic heterocycles. The zero-order chi connectivity index (χ0) is 30.6. The highest BCUT2D eigenvalue weighted by molar-refractivity contribution is 6.01. The molecule has 7 rings (SSSR count). The third-order valence-corrected chi connectivity index (χ3v) is 7.72. The van der Waals surface area contributed by atoms with Crippen molar-refractivity contribution in [3.63, 3.8) is 0 Å². The summed E-state index contributed by atoms with van der Waals surface area (Å²) in [5, 5.41) is 2.02. The number of nitrogens with zero attached hydrogens (tertiary/aromatic N) is 1. The lowest BCUT2D eigenvalue weighted by atomic mass is 9.99. The van der Waals surface area contributed by atoms with Crippen LogP contribution in [-0.2, 0) is 12.4 Å². The van der Waals surface area contributed by atoms with Crippen LogP contribution in [0.15, 0.2) is 127 Å². The van der Waals surface area contributed by atoms with E-state index in [0.29, 0.717) is 33.8 Å². The van der Waals surface area contributed by atoms with Gasteiger partial charge < -0.3 is 9.64 Å². The van der Waals surface area contributed by atoms with E-state index < -0.39 is 23.5 Å². The molecule has 44 heavy (non-hydrogen) atoms. The number of halogens is 6. The molecule has 0 saturated carbocycles. The number of hydrogen-bond acceptors (Lipinski definition) is 2. The van der Waals surface area contributed by atoms with E-state index in [-0.39, 0.29) is 0 Å². The van der Waals surface area contributed by atoms with Crippen LogP contribution in [0.2, 0.25) is 0 Å². The highest BCUT2D eigenvalue weighted by Gasteiger charge is 2.32. The topological polar surface area (TPSA) is 12.5 Å². The number of alkyl halides is 6.